The lowest BCUT2D eigenvalue weighted by molar-refractivity contribution is -0.116. The van der Waals surface area contributed by atoms with Gasteiger partial charge in [0.1, 0.15) is 11.5 Å². The Morgan fingerprint density at radius 2 is 1.62 bits per heavy atom. The standard InChI is InChI=1S/C23H23ClN2O5S/c1-16-4-11-20(12-5-16)32(28,29)26(2)15-23(27)25-21-14-17(24)6-13-22(21)31-19-9-7-18(30-3)8-10-19/h4-14H,15H2,1-3H3,(H,25,27). The van der Waals surface area contributed by atoms with Crippen LogP contribution in [0, 0.1) is 6.92 Å². The number of hydrogen-bond acceptors (Lipinski definition) is 5. The van der Waals surface area contributed by atoms with E-state index in [2.05, 4.69) is 5.32 Å². The van der Waals surface area contributed by atoms with Crippen molar-refractivity contribution in [1.82, 2.24) is 4.31 Å². The third-order valence-electron chi connectivity index (χ3n) is 4.60. The number of ether oxygens (including phenoxy) is 2. The van der Waals surface area contributed by atoms with Crippen molar-refractivity contribution in [3.63, 3.8) is 0 Å². The third kappa shape index (κ3) is 5.79. The molecule has 0 saturated carbocycles. The van der Waals surface area contributed by atoms with Crippen LogP contribution in [-0.2, 0) is 14.8 Å². The maximum Gasteiger partial charge on any atom is 0.243 e. The monoisotopic (exact) mass is 474 g/mol. The fraction of sp³-hybridized carbons (Fsp3) is 0.174. The number of amides is 1. The number of rotatable bonds is 8. The lowest BCUT2D eigenvalue weighted by Crippen LogP contribution is -2.35. The molecule has 0 spiro atoms. The van der Waals surface area contributed by atoms with Crippen LogP contribution in [0.3, 0.4) is 0 Å². The van der Waals surface area contributed by atoms with Crippen molar-refractivity contribution in [1.29, 1.82) is 0 Å². The molecule has 9 heteroatoms. The van der Waals surface area contributed by atoms with Crippen molar-refractivity contribution in [2.24, 2.45) is 0 Å². The molecule has 0 radical (unpaired) electrons. The minimum absolute atomic E-state index is 0.115. The molecule has 0 bridgehead atoms. The maximum absolute atomic E-state index is 12.7. The highest BCUT2D eigenvalue weighted by molar-refractivity contribution is 7.89. The number of benzene rings is 3. The summed E-state index contributed by atoms with van der Waals surface area (Å²) < 4.78 is 37.4. The quantitative estimate of drug-likeness (QED) is 0.511. The molecule has 3 rings (SSSR count). The van der Waals surface area contributed by atoms with Crippen LogP contribution < -0.4 is 14.8 Å². The highest BCUT2D eigenvalue weighted by Crippen LogP contribution is 2.32. The number of nitrogens with zero attached hydrogens (tertiary/aromatic N) is 1. The van der Waals surface area contributed by atoms with E-state index >= 15 is 0 Å². The summed E-state index contributed by atoms with van der Waals surface area (Å²) in [5.74, 6) is 1.03. The molecular weight excluding hydrogens is 452 g/mol. The van der Waals surface area contributed by atoms with Crippen LogP contribution in [-0.4, -0.2) is 39.3 Å². The topological polar surface area (TPSA) is 84.9 Å². The van der Waals surface area contributed by atoms with Crippen LogP contribution in [0.25, 0.3) is 0 Å². The smallest absolute Gasteiger partial charge is 0.243 e. The Labute approximate surface area is 192 Å². The van der Waals surface area contributed by atoms with Gasteiger partial charge in [-0.1, -0.05) is 29.3 Å². The summed E-state index contributed by atoms with van der Waals surface area (Å²) >= 11 is 6.08. The minimum Gasteiger partial charge on any atom is -0.497 e. The molecule has 0 aliphatic heterocycles. The fourth-order valence-corrected chi connectivity index (χ4v) is 4.13. The highest BCUT2D eigenvalue weighted by atomic mass is 35.5. The molecule has 3 aromatic carbocycles. The summed E-state index contributed by atoms with van der Waals surface area (Å²) in [7, 11) is -0.896. The number of sulfonamides is 1. The van der Waals surface area contributed by atoms with Gasteiger partial charge in [0.2, 0.25) is 15.9 Å². The molecule has 7 nitrogen and oxygen atoms in total. The molecule has 0 aliphatic rings. The number of likely N-dealkylation sites (N-methyl/N-ethyl adjacent to an activating group) is 1. The van der Waals surface area contributed by atoms with Gasteiger partial charge in [-0.3, -0.25) is 4.79 Å². The average Bonchev–Trinajstić information content (AvgIpc) is 2.76. The van der Waals surface area contributed by atoms with Crippen molar-refractivity contribution >= 4 is 33.2 Å². The number of halogens is 1. The van der Waals surface area contributed by atoms with E-state index < -0.39 is 15.9 Å². The molecule has 0 aliphatic carbocycles. The van der Waals surface area contributed by atoms with E-state index in [9.17, 15) is 13.2 Å². The van der Waals surface area contributed by atoms with Crippen molar-refractivity contribution in [2.45, 2.75) is 11.8 Å². The Balaban J connectivity index is 1.73. The zero-order chi connectivity index (χ0) is 23.3. The van der Waals surface area contributed by atoms with Gasteiger partial charge >= 0.3 is 0 Å². The average molecular weight is 475 g/mol. The Kier molecular flexibility index (Phi) is 7.40. The molecule has 0 saturated heterocycles. The number of carbonyl (C=O) groups excluding carboxylic acids is 1. The zero-order valence-electron chi connectivity index (χ0n) is 17.8. The Bertz CT molecular complexity index is 1200. The summed E-state index contributed by atoms with van der Waals surface area (Å²) in [6.45, 7) is 1.48. The van der Waals surface area contributed by atoms with Crippen molar-refractivity contribution in [2.75, 3.05) is 26.0 Å². The first-order valence-electron chi connectivity index (χ1n) is 9.63. The van der Waals surface area contributed by atoms with Crippen LogP contribution in [0.1, 0.15) is 5.56 Å². The summed E-state index contributed by atoms with van der Waals surface area (Å²) in [5.41, 5.74) is 1.26. The number of anilines is 1. The van der Waals surface area contributed by atoms with Crippen LogP contribution in [0.5, 0.6) is 17.2 Å². The van der Waals surface area contributed by atoms with E-state index in [4.69, 9.17) is 21.1 Å². The van der Waals surface area contributed by atoms with Gasteiger partial charge in [0.05, 0.1) is 24.2 Å². The second kappa shape index (κ2) is 10.0. The van der Waals surface area contributed by atoms with Gasteiger partial charge in [0.25, 0.3) is 0 Å². The Morgan fingerprint density at radius 1 is 1.00 bits per heavy atom. The second-order valence-corrected chi connectivity index (χ2v) is 9.52. The lowest BCUT2D eigenvalue weighted by Gasteiger charge is -2.18. The maximum atomic E-state index is 12.7. The van der Waals surface area contributed by atoms with Crippen LogP contribution in [0.4, 0.5) is 5.69 Å². The van der Waals surface area contributed by atoms with Crippen molar-refractivity contribution in [3.8, 4) is 17.2 Å². The summed E-state index contributed by atoms with van der Waals surface area (Å²) in [6, 6.07) is 18.1. The van der Waals surface area contributed by atoms with Gasteiger partial charge in [0, 0.05) is 12.1 Å². The van der Waals surface area contributed by atoms with Gasteiger partial charge in [-0.05, 0) is 61.5 Å². The predicted octanol–water partition coefficient (Wildman–Crippen LogP) is 4.71. The Morgan fingerprint density at radius 3 is 2.25 bits per heavy atom. The molecule has 0 atom stereocenters. The van der Waals surface area contributed by atoms with E-state index in [0.29, 0.717) is 28.0 Å². The van der Waals surface area contributed by atoms with Gasteiger partial charge in [-0.25, -0.2) is 8.42 Å². The summed E-state index contributed by atoms with van der Waals surface area (Å²) in [5, 5.41) is 3.07. The van der Waals surface area contributed by atoms with Gasteiger partial charge in [-0.2, -0.15) is 4.31 Å². The van der Waals surface area contributed by atoms with Crippen LogP contribution in [0.15, 0.2) is 71.6 Å². The highest BCUT2D eigenvalue weighted by Gasteiger charge is 2.23. The molecule has 168 valence electrons. The molecule has 1 amide bonds. The number of carbonyl (C=O) groups is 1. The summed E-state index contributed by atoms with van der Waals surface area (Å²) in [4.78, 5) is 12.7. The largest absolute Gasteiger partial charge is 0.497 e. The molecule has 0 heterocycles. The van der Waals surface area contributed by atoms with E-state index in [1.807, 2.05) is 6.92 Å². The normalized spacial score (nSPS) is 11.3. The number of hydrogen-bond donors (Lipinski definition) is 1. The first-order chi connectivity index (χ1) is 15.2. The SMILES string of the molecule is COc1ccc(Oc2ccc(Cl)cc2NC(=O)CN(C)S(=O)(=O)c2ccc(C)cc2)cc1. The van der Waals surface area contributed by atoms with Gasteiger partial charge in [0.15, 0.2) is 5.75 Å². The van der Waals surface area contributed by atoms with Gasteiger partial charge < -0.3 is 14.8 Å². The fourth-order valence-electron chi connectivity index (χ4n) is 2.83. The first kappa shape index (κ1) is 23.6. The predicted molar refractivity (Wildman–Crippen MR) is 124 cm³/mol. The first-order valence-corrected chi connectivity index (χ1v) is 11.4. The van der Waals surface area contributed by atoms with Gasteiger partial charge in [-0.15, -0.1) is 0 Å². The molecule has 3 aromatic rings. The molecule has 0 aromatic heterocycles. The van der Waals surface area contributed by atoms with E-state index in [1.54, 1.807) is 55.6 Å². The molecular formula is C23H23ClN2O5S. The molecule has 0 unspecified atom stereocenters. The zero-order valence-corrected chi connectivity index (χ0v) is 19.4. The molecule has 1 N–H and O–H groups in total. The van der Waals surface area contributed by atoms with Crippen molar-refractivity contribution < 1.29 is 22.7 Å². The van der Waals surface area contributed by atoms with E-state index in [-0.39, 0.29) is 11.4 Å². The molecule has 32 heavy (non-hydrogen) atoms. The third-order valence-corrected chi connectivity index (χ3v) is 6.65. The van der Waals surface area contributed by atoms with Crippen LogP contribution in [0.2, 0.25) is 5.02 Å². The van der Waals surface area contributed by atoms with E-state index in [1.165, 1.54) is 25.2 Å². The number of aryl methyl sites for hydroxylation is 1. The minimum atomic E-state index is -3.81. The Hall–Kier alpha value is -3.07. The number of methoxy groups -OCH3 is 1. The lowest BCUT2D eigenvalue weighted by atomic mass is 10.2. The van der Waals surface area contributed by atoms with E-state index in [0.717, 1.165) is 9.87 Å². The second-order valence-electron chi connectivity index (χ2n) is 7.04. The summed E-state index contributed by atoms with van der Waals surface area (Å²) in [6.07, 6.45) is 0. The molecule has 0 fully saturated rings. The number of nitrogens with one attached hydrogen (secondary N) is 1. The van der Waals surface area contributed by atoms with Crippen molar-refractivity contribution in [3.05, 3.63) is 77.3 Å². The van der Waals surface area contributed by atoms with Crippen LogP contribution >= 0.6 is 11.6 Å².